The highest BCUT2D eigenvalue weighted by molar-refractivity contribution is 5.17. The molecule has 1 rings (SSSR count). The van der Waals surface area contributed by atoms with Gasteiger partial charge in [0.1, 0.15) is 0 Å². The van der Waals surface area contributed by atoms with Crippen LogP contribution in [0.25, 0.3) is 0 Å². The number of nitriles is 1. The largest absolute Gasteiger partial charge is 0.268 e. The molecule has 0 saturated heterocycles. The van der Waals surface area contributed by atoms with Gasteiger partial charge in [0.15, 0.2) is 6.19 Å². The van der Waals surface area contributed by atoms with E-state index in [1.807, 2.05) is 6.92 Å². The van der Waals surface area contributed by atoms with Crippen molar-refractivity contribution in [1.82, 2.24) is 4.57 Å². The zero-order valence-electron chi connectivity index (χ0n) is 6.46. The van der Waals surface area contributed by atoms with Gasteiger partial charge in [0.2, 0.25) is 0 Å². The molecule has 0 aliphatic carbocycles. The van der Waals surface area contributed by atoms with E-state index >= 15 is 0 Å². The minimum atomic E-state index is -0.259. The summed E-state index contributed by atoms with van der Waals surface area (Å²) >= 11 is 0. The van der Waals surface area contributed by atoms with Crippen LogP contribution in [0.3, 0.4) is 0 Å². The number of hydrogen-bond donors (Lipinski definition) is 0. The van der Waals surface area contributed by atoms with Crippen molar-refractivity contribution >= 4 is 0 Å². The van der Waals surface area contributed by atoms with Crippen LogP contribution in [0, 0.1) is 25.3 Å². The molecule has 11 heavy (non-hydrogen) atoms. The van der Waals surface area contributed by atoms with E-state index in [1.165, 1.54) is 6.07 Å². The van der Waals surface area contributed by atoms with Crippen LogP contribution >= 0.6 is 0 Å². The molecule has 0 aliphatic rings. The maximum atomic E-state index is 11.0. The number of rotatable bonds is 0. The Morgan fingerprint density at radius 2 is 2.09 bits per heavy atom. The number of aryl methyl sites for hydroxylation is 2. The molecule has 0 aliphatic heterocycles. The summed E-state index contributed by atoms with van der Waals surface area (Å²) in [5.74, 6) is 0. The van der Waals surface area contributed by atoms with Gasteiger partial charge >= 0.3 is 0 Å². The number of hydrogen-bond acceptors (Lipinski definition) is 2. The maximum absolute atomic E-state index is 11.0. The van der Waals surface area contributed by atoms with Crippen LogP contribution in [0.4, 0.5) is 0 Å². The lowest BCUT2D eigenvalue weighted by Crippen LogP contribution is -2.17. The first-order valence-corrected chi connectivity index (χ1v) is 3.25. The van der Waals surface area contributed by atoms with Crippen molar-refractivity contribution in [1.29, 1.82) is 5.26 Å². The van der Waals surface area contributed by atoms with Crippen molar-refractivity contribution in [2.24, 2.45) is 0 Å². The molecule has 0 aromatic carbocycles. The highest BCUT2D eigenvalue weighted by atomic mass is 16.1. The van der Waals surface area contributed by atoms with Crippen molar-refractivity contribution < 1.29 is 0 Å². The van der Waals surface area contributed by atoms with Crippen molar-refractivity contribution in [3.63, 3.8) is 0 Å². The van der Waals surface area contributed by atoms with Crippen LogP contribution in [-0.4, -0.2) is 4.57 Å². The predicted octanol–water partition coefficient (Wildman–Crippen LogP) is 0.794. The van der Waals surface area contributed by atoms with E-state index in [0.717, 1.165) is 10.1 Å². The summed E-state index contributed by atoms with van der Waals surface area (Å²) in [4.78, 5) is 11.0. The first-order chi connectivity index (χ1) is 5.15. The zero-order valence-corrected chi connectivity index (χ0v) is 6.46. The molecule has 0 spiro atoms. The first-order valence-electron chi connectivity index (χ1n) is 3.25. The Bertz CT molecular complexity index is 371. The molecule has 1 aromatic heterocycles. The van der Waals surface area contributed by atoms with Gasteiger partial charge in [-0.3, -0.25) is 4.79 Å². The van der Waals surface area contributed by atoms with Gasteiger partial charge in [0.25, 0.3) is 5.56 Å². The predicted molar refractivity (Wildman–Crippen MR) is 41.2 cm³/mol. The van der Waals surface area contributed by atoms with E-state index in [4.69, 9.17) is 5.26 Å². The van der Waals surface area contributed by atoms with Gasteiger partial charge in [-0.1, -0.05) is 0 Å². The smallest absolute Gasteiger partial charge is 0.264 e. The monoisotopic (exact) mass is 148 g/mol. The Labute approximate surface area is 64.5 Å². The Balaban J connectivity index is 3.53. The fourth-order valence-corrected chi connectivity index (χ4v) is 0.997. The van der Waals surface area contributed by atoms with Gasteiger partial charge < -0.3 is 0 Å². The fraction of sp³-hybridized carbons (Fsp3) is 0.250. The van der Waals surface area contributed by atoms with E-state index < -0.39 is 0 Å². The van der Waals surface area contributed by atoms with Crippen LogP contribution < -0.4 is 5.56 Å². The SMILES string of the molecule is Cc1cc(C)n(C#N)c(=O)c1. The molecule has 0 fully saturated rings. The van der Waals surface area contributed by atoms with Crippen LogP contribution in [0.1, 0.15) is 11.3 Å². The van der Waals surface area contributed by atoms with Gasteiger partial charge in [-0.15, -0.1) is 0 Å². The quantitative estimate of drug-likeness (QED) is 0.546. The molecular formula is C8H8N2O. The molecular weight excluding hydrogens is 140 g/mol. The molecule has 1 heterocycles. The second-order valence-electron chi connectivity index (χ2n) is 2.45. The minimum absolute atomic E-state index is 0.259. The summed E-state index contributed by atoms with van der Waals surface area (Å²) < 4.78 is 1.06. The molecule has 0 amide bonds. The Kier molecular flexibility index (Phi) is 1.77. The number of aromatic nitrogens is 1. The van der Waals surface area contributed by atoms with Crippen LogP contribution in [0.2, 0.25) is 0 Å². The molecule has 3 heteroatoms. The average Bonchev–Trinajstić information content (AvgIpc) is 1.85. The normalized spacial score (nSPS) is 9.18. The summed E-state index contributed by atoms with van der Waals surface area (Å²) in [7, 11) is 0. The first kappa shape index (κ1) is 7.55. The van der Waals surface area contributed by atoms with Crippen molar-refractivity contribution in [3.05, 3.63) is 33.7 Å². The van der Waals surface area contributed by atoms with Crippen molar-refractivity contribution in [2.75, 3.05) is 0 Å². The van der Waals surface area contributed by atoms with Gasteiger partial charge in [0.05, 0.1) is 0 Å². The van der Waals surface area contributed by atoms with E-state index in [1.54, 1.807) is 19.2 Å². The Morgan fingerprint density at radius 1 is 1.45 bits per heavy atom. The van der Waals surface area contributed by atoms with Gasteiger partial charge in [-0.05, 0) is 25.5 Å². The summed E-state index contributed by atoms with van der Waals surface area (Å²) in [6.45, 7) is 3.56. The summed E-state index contributed by atoms with van der Waals surface area (Å²) in [5, 5.41) is 8.50. The highest BCUT2D eigenvalue weighted by Gasteiger charge is 1.97. The van der Waals surface area contributed by atoms with Crippen molar-refractivity contribution in [3.8, 4) is 6.19 Å². The van der Waals surface area contributed by atoms with Crippen molar-refractivity contribution in [2.45, 2.75) is 13.8 Å². The second kappa shape index (κ2) is 2.59. The molecule has 0 unspecified atom stereocenters. The molecule has 56 valence electrons. The number of pyridine rings is 1. The Hall–Kier alpha value is -1.56. The lowest BCUT2D eigenvalue weighted by atomic mass is 10.2. The average molecular weight is 148 g/mol. The van der Waals surface area contributed by atoms with E-state index in [9.17, 15) is 4.79 Å². The summed E-state index contributed by atoms with van der Waals surface area (Å²) in [5.41, 5.74) is 1.31. The highest BCUT2D eigenvalue weighted by Crippen LogP contribution is 1.96. The van der Waals surface area contributed by atoms with Crippen LogP contribution in [0.15, 0.2) is 16.9 Å². The number of nitrogens with zero attached hydrogens (tertiary/aromatic N) is 2. The van der Waals surface area contributed by atoms with E-state index in [2.05, 4.69) is 0 Å². The lowest BCUT2D eigenvalue weighted by molar-refractivity contribution is 0.944. The lowest BCUT2D eigenvalue weighted by Gasteiger charge is -1.98. The molecule has 0 atom stereocenters. The maximum Gasteiger partial charge on any atom is 0.264 e. The molecule has 0 N–H and O–H groups in total. The Morgan fingerprint density at radius 3 is 2.55 bits per heavy atom. The van der Waals surface area contributed by atoms with Gasteiger partial charge in [-0.2, -0.15) is 5.26 Å². The molecule has 0 saturated carbocycles. The minimum Gasteiger partial charge on any atom is -0.268 e. The topological polar surface area (TPSA) is 45.8 Å². The molecule has 0 bridgehead atoms. The van der Waals surface area contributed by atoms with Crippen LogP contribution in [-0.2, 0) is 0 Å². The molecule has 3 nitrogen and oxygen atoms in total. The van der Waals surface area contributed by atoms with Crippen LogP contribution in [0.5, 0.6) is 0 Å². The van der Waals surface area contributed by atoms with Gasteiger partial charge in [0, 0.05) is 11.8 Å². The summed E-state index contributed by atoms with van der Waals surface area (Å²) in [6.07, 6.45) is 1.79. The standard InChI is InChI=1S/C8H8N2O/c1-6-3-7(2)10(5-9)8(11)4-6/h3-4H,1-2H3. The van der Waals surface area contributed by atoms with E-state index in [-0.39, 0.29) is 5.56 Å². The van der Waals surface area contributed by atoms with Gasteiger partial charge in [-0.25, -0.2) is 4.57 Å². The second-order valence-corrected chi connectivity index (χ2v) is 2.45. The zero-order chi connectivity index (χ0) is 8.43. The van der Waals surface area contributed by atoms with E-state index in [0.29, 0.717) is 5.69 Å². The third kappa shape index (κ3) is 1.30. The fourth-order valence-electron chi connectivity index (χ4n) is 0.997. The molecule has 1 aromatic rings. The molecule has 0 radical (unpaired) electrons. The third-order valence-corrected chi connectivity index (χ3v) is 1.46. The third-order valence-electron chi connectivity index (χ3n) is 1.46. The summed E-state index contributed by atoms with van der Waals surface area (Å²) in [6, 6.07) is 3.24.